The van der Waals surface area contributed by atoms with Crippen LogP contribution in [0.3, 0.4) is 0 Å². The molecule has 1 unspecified atom stereocenters. The van der Waals surface area contributed by atoms with Crippen molar-refractivity contribution in [3.8, 4) is 5.75 Å². The van der Waals surface area contributed by atoms with E-state index in [2.05, 4.69) is 16.4 Å². The average Bonchev–Trinajstić information content (AvgIpc) is 3.20. The van der Waals surface area contributed by atoms with Crippen LogP contribution in [0.25, 0.3) is 10.9 Å². The van der Waals surface area contributed by atoms with E-state index in [1.165, 1.54) is 4.90 Å². The monoisotopic (exact) mass is 391 g/mol. The van der Waals surface area contributed by atoms with Gasteiger partial charge >= 0.3 is 6.03 Å². The van der Waals surface area contributed by atoms with Crippen molar-refractivity contribution < 1.29 is 14.3 Å². The number of nitrogens with zero attached hydrogens (tertiary/aromatic N) is 1. The number of carbonyl (C=O) groups is 2. The number of urea groups is 1. The van der Waals surface area contributed by atoms with Crippen LogP contribution in [0, 0.1) is 13.8 Å². The number of H-pyrrole nitrogens is 1. The minimum Gasteiger partial charge on any atom is -0.494 e. The van der Waals surface area contributed by atoms with Crippen molar-refractivity contribution in [3.63, 3.8) is 0 Å². The third kappa shape index (κ3) is 4.11. The molecule has 3 amide bonds. The Kier molecular flexibility index (Phi) is 5.25. The van der Waals surface area contributed by atoms with E-state index >= 15 is 0 Å². The summed E-state index contributed by atoms with van der Waals surface area (Å²) in [6.07, 6.45) is 2.97. The molecule has 4 rings (SSSR count). The lowest BCUT2D eigenvalue weighted by molar-refractivity contribution is -0.127. The summed E-state index contributed by atoms with van der Waals surface area (Å²) in [4.78, 5) is 29.5. The standard InChI is InChI=1S/C23H25N3O3/c1-15-10-16(2)12-18(11-15)29-9-5-8-26-22(27)21(25-23(26)28)13-17-14-24-20-7-4-3-6-19(17)20/h3-4,6-7,10-12,14,21,24H,5,8-9,13H2,1-2H3,(H,25,28). The van der Waals surface area contributed by atoms with Crippen LogP contribution >= 0.6 is 0 Å². The van der Waals surface area contributed by atoms with Crippen molar-refractivity contribution >= 4 is 22.8 Å². The average molecular weight is 391 g/mol. The van der Waals surface area contributed by atoms with E-state index in [0.717, 1.165) is 33.3 Å². The van der Waals surface area contributed by atoms with Gasteiger partial charge in [-0.15, -0.1) is 0 Å². The molecule has 6 nitrogen and oxygen atoms in total. The molecule has 150 valence electrons. The maximum Gasteiger partial charge on any atom is 0.324 e. The van der Waals surface area contributed by atoms with Gasteiger partial charge in [0.25, 0.3) is 5.91 Å². The molecule has 1 saturated heterocycles. The van der Waals surface area contributed by atoms with Gasteiger partial charge in [0.2, 0.25) is 0 Å². The third-order valence-electron chi connectivity index (χ3n) is 5.20. The van der Waals surface area contributed by atoms with Gasteiger partial charge in [-0.25, -0.2) is 4.79 Å². The zero-order valence-electron chi connectivity index (χ0n) is 16.7. The first-order valence-electron chi connectivity index (χ1n) is 9.89. The van der Waals surface area contributed by atoms with E-state index in [9.17, 15) is 9.59 Å². The molecule has 0 radical (unpaired) electrons. The number of aromatic amines is 1. The van der Waals surface area contributed by atoms with Crippen molar-refractivity contribution in [3.05, 3.63) is 65.4 Å². The summed E-state index contributed by atoms with van der Waals surface area (Å²) in [5.41, 5.74) is 4.35. The van der Waals surface area contributed by atoms with Crippen LogP contribution in [0.2, 0.25) is 0 Å². The number of fused-ring (bicyclic) bond motifs is 1. The first-order chi connectivity index (χ1) is 14.0. The minimum absolute atomic E-state index is 0.174. The maximum absolute atomic E-state index is 12.7. The van der Waals surface area contributed by atoms with Crippen molar-refractivity contribution in [2.24, 2.45) is 0 Å². The fraction of sp³-hybridized carbons (Fsp3) is 0.304. The number of amides is 3. The quantitative estimate of drug-likeness (QED) is 0.476. The van der Waals surface area contributed by atoms with E-state index in [-0.39, 0.29) is 11.9 Å². The Morgan fingerprint density at radius 2 is 1.83 bits per heavy atom. The molecule has 1 fully saturated rings. The molecule has 29 heavy (non-hydrogen) atoms. The van der Waals surface area contributed by atoms with Gasteiger partial charge in [0.1, 0.15) is 11.8 Å². The van der Waals surface area contributed by atoms with Crippen LogP contribution < -0.4 is 10.1 Å². The number of rotatable bonds is 7. The number of aromatic nitrogens is 1. The summed E-state index contributed by atoms with van der Waals surface area (Å²) >= 11 is 0. The predicted molar refractivity (Wildman–Crippen MR) is 112 cm³/mol. The third-order valence-corrected chi connectivity index (χ3v) is 5.20. The summed E-state index contributed by atoms with van der Waals surface area (Å²) < 4.78 is 5.78. The van der Waals surface area contributed by atoms with E-state index in [1.807, 2.05) is 56.4 Å². The van der Waals surface area contributed by atoms with Gasteiger partial charge < -0.3 is 15.0 Å². The second-order valence-corrected chi connectivity index (χ2v) is 7.58. The Balaban J connectivity index is 1.32. The Bertz CT molecular complexity index is 1040. The number of para-hydroxylation sites is 1. The molecule has 1 aliphatic rings. The number of ether oxygens (including phenoxy) is 1. The largest absolute Gasteiger partial charge is 0.494 e. The summed E-state index contributed by atoms with van der Waals surface area (Å²) in [7, 11) is 0. The van der Waals surface area contributed by atoms with Gasteiger partial charge in [0.05, 0.1) is 6.61 Å². The minimum atomic E-state index is -0.526. The predicted octanol–water partition coefficient (Wildman–Crippen LogP) is 3.72. The van der Waals surface area contributed by atoms with Crippen LogP contribution in [-0.2, 0) is 11.2 Å². The van der Waals surface area contributed by atoms with Crippen LogP contribution in [0.1, 0.15) is 23.1 Å². The number of hydrogen-bond donors (Lipinski definition) is 2. The Hall–Kier alpha value is -3.28. The highest BCUT2D eigenvalue weighted by Crippen LogP contribution is 2.21. The normalized spacial score (nSPS) is 16.5. The fourth-order valence-corrected chi connectivity index (χ4v) is 3.88. The topological polar surface area (TPSA) is 74.4 Å². The van der Waals surface area contributed by atoms with E-state index in [1.54, 1.807) is 0 Å². The van der Waals surface area contributed by atoms with E-state index in [0.29, 0.717) is 26.0 Å². The van der Waals surface area contributed by atoms with Crippen molar-refractivity contribution in [2.45, 2.75) is 32.7 Å². The number of aryl methyl sites for hydroxylation is 2. The molecular formula is C23H25N3O3. The number of nitrogens with one attached hydrogen (secondary N) is 2. The Morgan fingerprint density at radius 1 is 1.07 bits per heavy atom. The highest BCUT2D eigenvalue weighted by atomic mass is 16.5. The Morgan fingerprint density at radius 3 is 2.62 bits per heavy atom. The van der Waals surface area contributed by atoms with Crippen molar-refractivity contribution in [1.29, 1.82) is 0 Å². The molecule has 3 aromatic rings. The molecule has 1 aromatic heterocycles. The van der Waals surface area contributed by atoms with Crippen molar-refractivity contribution in [2.75, 3.05) is 13.2 Å². The van der Waals surface area contributed by atoms with E-state index in [4.69, 9.17) is 4.74 Å². The summed E-state index contributed by atoms with van der Waals surface area (Å²) in [5.74, 6) is 0.642. The van der Waals surface area contributed by atoms with Crippen LogP contribution in [0.5, 0.6) is 5.75 Å². The van der Waals surface area contributed by atoms with Crippen molar-refractivity contribution in [1.82, 2.24) is 15.2 Å². The zero-order chi connectivity index (χ0) is 20.4. The maximum atomic E-state index is 12.7. The highest BCUT2D eigenvalue weighted by Gasteiger charge is 2.37. The molecule has 1 aliphatic heterocycles. The van der Waals surface area contributed by atoms with Crippen LogP contribution in [0.15, 0.2) is 48.7 Å². The lowest BCUT2D eigenvalue weighted by Crippen LogP contribution is -2.33. The smallest absolute Gasteiger partial charge is 0.324 e. The van der Waals surface area contributed by atoms with Gasteiger partial charge in [-0.3, -0.25) is 9.69 Å². The molecule has 2 aromatic carbocycles. The number of hydrogen-bond acceptors (Lipinski definition) is 3. The van der Waals surface area contributed by atoms with Gasteiger partial charge in [-0.2, -0.15) is 0 Å². The van der Waals surface area contributed by atoms with Crippen LogP contribution in [-0.4, -0.2) is 41.0 Å². The molecule has 0 aliphatic carbocycles. The zero-order valence-corrected chi connectivity index (χ0v) is 16.7. The molecule has 2 N–H and O–H groups in total. The molecular weight excluding hydrogens is 366 g/mol. The second-order valence-electron chi connectivity index (χ2n) is 7.58. The molecule has 1 atom stereocenters. The summed E-state index contributed by atoms with van der Waals surface area (Å²) in [6.45, 7) is 4.86. The number of carbonyl (C=O) groups excluding carboxylic acids is 2. The second kappa shape index (κ2) is 7.99. The van der Waals surface area contributed by atoms with Crippen LogP contribution in [0.4, 0.5) is 4.79 Å². The molecule has 0 saturated carbocycles. The molecule has 6 heteroatoms. The molecule has 2 heterocycles. The van der Waals surface area contributed by atoms with Gasteiger partial charge in [-0.05, 0) is 55.2 Å². The SMILES string of the molecule is Cc1cc(C)cc(OCCCN2C(=O)NC(Cc3c[nH]c4ccccc34)C2=O)c1. The molecule has 0 bridgehead atoms. The fourth-order valence-electron chi connectivity index (χ4n) is 3.88. The highest BCUT2D eigenvalue weighted by molar-refractivity contribution is 6.04. The van der Waals surface area contributed by atoms with Gasteiger partial charge in [0, 0.05) is 30.1 Å². The number of imide groups is 1. The number of benzene rings is 2. The molecule has 0 spiro atoms. The van der Waals surface area contributed by atoms with E-state index < -0.39 is 6.04 Å². The van der Waals surface area contributed by atoms with Gasteiger partial charge in [-0.1, -0.05) is 24.3 Å². The Labute approximate surface area is 169 Å². The summed E-state index contributed by atoms with van der Waals surface area (Å²) in [6, 6.07) is 13.2. The lowest BCUT2D eigenvalue weighted by atomic mass is 10.1. The van der Waals surface area contributed by atoms with Gasteiger partial charge in [0.15, 0.2) is 0 Å². The first-order valence-corrected chi connectivity index (χ1v) is 9.89. The lowest BCUT2D eigenvalue weighted by Gasteiger charge is -2.14. The summed E-state index contributed by atoms with van der Waals surface area (Å²) in [5, 5.41) is 3.89. The first kappa shape index (κ1) is 19.1.